The van der Waals surface area contributed by atoms with Gasteiger partial charge in [0.25, 0.3) is 0 Å². The van der Waals surface area contributed by atoms with E-state index in [0.29, 0.717) is 18.1 Å². The summed E-state index contributed by atoms with van der Waals surface area (Å²) in [6.07, 6.45) is 0. The van der Waals surface area contributed by atoms with Gasteiger partial charge < -0.3 is 9.47 Å². The van der Waals surface area contributed by atoms with Crippen molar-refractivity contribution in [2.24, 2.45) is 0 Å². The number of ether oxygens (including phenoxy) is 2. The van der Waals surface area contributed by atoms with Gasteiger partial charge in [0.05, 0.1) is 32.8 Å². The molecule has 0 radical (unpaired) electrons. The molecule has 2 aromatic rings. The van der Waals surface area contributed by atoms with Gasteiger partial charge in [0.1, 0.15) is 12.4 Å². The third-order valence-corrected chi connectivity index (χ3v) is 8.39. The molecule has 0 aliphatic rings. The smallest absolute Gasteiger partial charge is 0.474 e. The highest BCUT2D eigenvalue weighted by atomic mass is 33.1. The largest absolute Gasteiger partial charge is 0.497 e. The topological polar surface area (TPSA) is 80.3 Å². The minimum Gasteiger partial charge on any atom is -0.497 e. The molecule has 1 unspecified atom stereocenters. The second kappa shape index (κ2) is 14.1. The Kier molecular flexibility index (Phi) is 11.9. The van der Waals surface area contributed by atoms with E-state index < -0.39 is 7.82 Å². The number of hydrogen-bond donors (Lipinski definition) is 0. The van der Waals surface area contributed by atoms with Gasteiger partial charge in [-0.1, -0.05) is 45.9 Å². The zero-order valence-electron chi connectivity index (χ0n) is 18.9. The third-order valence-electron chi connectivity index (χ3n) is 4.41. The summed E-state index contributed by atoms with van der Waals surface area (Å²) in [5.74, 6) is 1.47. The van der Waals surface area contributed by atoms with Gasteiger partial charge in [0, 0.05) is 11.5 Å². The van der Waals surface area contributed by atoms with E-state index in [0.717, 1.165) is 22.1 Å². The molecule has 32 heavy (non-hydrogen) atoms. The molecular formula is C22H31O7PS2. The van der Waals surface area contributed by atoms with Crippen LogP contribution in [-0.2, 0) is 27.7 Å². The Bertz CT molecular complexity index is 899. The summed E-state index contributed by atoms with van der Waals surface area (Å²) in [6, 6.07) is 11.8. The second-order valence-corrected chi connectivity index (χ2v) is 11.0. The van der Waals surface area contributed by atoms with Crippen molar-refractivity contribution in [2.45, 2.75) is 26.7 Å². The van der Waals surface area contributed by atoms with Gasteiger partial charge in [0.15, 0.2) is 0 Å². The van der Waals surface area contributed by atoms with E-state index in [9.17, 15) is 9.36 Å². The number of benzene rings is 2. The Hall–Kier alpha value is -1.22. The summed E-state index contributed by atoms with van der Waals surface area (Å²) >= 11 is 0. The van der Waals surface area contributed by atoms with Crippen molar-refractivity contribution in [1.82, 2.24) is 0 Å². The van der Waals surface area contributed by atoms with Crippen LogP contribution in [0.2, 0.25) is 0 Å². The Morgan fingerprint density at radius 3 is 2.22 bits per heavy atom. The molecule has 7 nitrogen and oxygen atoms in total. The Balaban J connectivity index is 1.67. The summed E-state index contributed by atoms with van der Waals surface area (Å²) in [7, 11) is 1.30. The quantitative estimate of drug-likeness (QED) is 0.125. The molecule has 178 valence electrons. The monoisotopic (exact) mass is 502 g/mol. The maximum absolute atomic E-state index is 12.4. The van der Waals surface area contributed by atoms with Crippen LogP contribution in [0.15, 0.2) is 36.4 Å². The van der Waals surface area contributed by atoms with Crippen LogP contribution in [0.5, 0.6) is 5.75 Å². The predicted octanol–water partition coefficient (Wildman–Crippen LogP) is 6.07. The first kappa shape index (κ1) is 27.0. The van der Waals surface area contributed by atoms with Gasteiger partial charge >= 0.3 is 13.8 Å². The van der Waals surface area contributed by atoms with Gasteiger partial charge in [-0.2, -0.15) is 0 Å². The molecule has 0 saturated heterocycles. The first-order valence-corrected chi connectivity index (χ1v) is 14.4. The summed E-state index contributed by atoms with van der Waals surface area (Å²) in [5, 5.41) is 2.11. The standard InChI is InChI=1S/C22H31O7PS2/c1-5-27-30(24,28-6-2)29-12-14-32-31-13-11-26-22(23)17(3)18-7-8-20-16-21(25-4)10-9-19(20)15-18/h7-10,15-17H,5-6,11-14H2,1-4H3. The highest BCUT2D eigenvalue weighted by Gasteiger charge is 2.24. The van der Waals surface area contributed by atoms with E-state index in [1.54, 1.807) is 42.5 Å². The molecule has 2 aromatic carbocycles. The lowest BCUT2D eigenvalue weighted by atomic mass is 9.98. The van der Waals surface area contributed by atoms with Gasteiger partial charge in [-0.25, -0.2) is 4.57 Å². The van der Waals surface area contributed by atoms with E-state index in [-0.39, 0.29) is 31.7 Å². The molecule has 0 aliphatic carbocycles. The summed E-state index contributed by atoms with van der Waals surface area (Å²) in [5.41, 5.74) is 0.917. The lowest BCUT2D eigenvalue weighted by Crippen LogP contribution is -2.14. The van der Waals surface area contributed by atoms with Gasteiger partial charge in [-0.3, -0.25) is 18.4 Å². The van der Waals surface area contributed by atoms with Crippen molar-refractivity contribution >= 4 is 46.2 Å². The molecule has 2 rings (SSSR count). The SMILES string of the molecule is CCOP(=O)(OCC)OCCSSCCOC(=O)C(C)c1ccc2cc(OC)ccc2c1. The minimum atomic E-state index is -3.45. The first-order chi connectivity index (χ1) is 15.4. The molecule has 1 atom stereocenters. The number of phosphoric ester groups is 1. The van der Waals surface area contributed by atoms with Crippen molar-refractivity contribution in [3.63, 3.8) is 0 Å². The number of carbonyl (C=O) groups excluding carboxylic acids is 1. The fraction of sp³-hybridized carbons (Fsp3) is 0.500. The van der Waals surface area contributed by atoms with E-state index in [2.05, 4.69) is 0 Å². The fourth-order valence-corrected chi connectivity index (χ4v) is 5.75. The third kappa shape index (κ3) is 8.61. The van der Waals surface area contributed by atoms with Crippen LogP contribution in [-0.4, -0.2) is 51.0 Å². The molecule has 0 spiro atoms. The van der Waals surface area contributed by atoms with Crippen LogP contribution in [0.3, 0.4) is 0 Å². The average Bonchev–Trinajstić information content (AvgIpc) is 2.79. The molecule has 0 amide bonds. The zero-order valence-corrected chi connectivity index (χ0v) is 21.4. The summed E-state index contributed by atoms with van der Waals surface area (Å²) in [6.45, 7) is 6.41. The van der Waals surface area contributed by atoms with Crippen LogP contribution < -0.4 is 4.74 Å². The normalized spacial score (nSPS) is 12.6. The van der Waals surface area contributed by atoms with Crippen molar-refractivity contribution in [1.29, 1.82) is 0 Å². The maximum atomic E-state index is 12.4. The Labute approximate surface area is 197 Å². The predicted molar refractivity (Wildman–Crippen MR) is 132 cm³/mol. The molecule has 0 heterocycles. The fourth-order valence-electron chi connectivity index (χ4n) is 2.80. The Morgan fingerprint density at radius 2 is 1.56 bits per heavy atom. The number of esters is 1. The number of rotatable bonds is 15. The van der Waals surface area contributed by atoms with Gasteiger partial charge in [0.2, 0.25) is 0 Å². The maximum Gasteiger partial charge on any atom is 0.474 e. The molecule has 0 N–H and O–H groups in total. The molecule has 0 aromatic heterocycles. The van der Waals surface area contributed by atoms with Crippen molar-refractivity contribution < 1.29 is 32.4 Å². The average molecular weight is 503 g/mol. The second-order valence-electron chi connectivity index (χ2n) is 6.62. The van der Waals surface area contributed by atoms with Crippen LogP contribution >= 0.6 is 29.4 Å². The number of hydrogen-bond acceptors (Lipinski definition) is 9. The molecule has 0 bridgehead atoms. The highest BCUT2D eigenvalue weighted by Crippen LogP contribution is 2.49. The van der Waals surface area contributed by atoms with Crippen LogP contribution in [0.25, 0.3) is 10.8 Å². The first-order valence-electron chi connectivity index (χ1n) is 10.4. The Morgan fingerprint density at radius 1 is 0.938 bits per heavy atom. The van der Waals surface area contributed by atoms with Crippen LogP contribution in [0.4, 0.5) is 0 Å². The van der Waals surface area contributed by atoms with Crippen molar-refractivity contribution in [3.8, 4) is 5.75 Å². The number of methoxy groups -OCH3 is 1. The minimum absolute atomic E-state index is 0.249. The van der Waals surface area contributed by atoms with E-state index >= 15 is 0 Å². The lowest BCUT2D eigenvalue weighted by molar-refractivity contribution is -0.144. The van der Waals surface area contributed by atoms with Crippen molar-refractivity contribution in [2.75, 3.05) is 45.0 Å². The summed E-state index contributed by atoms with van der Waals surface area (Å²) < 4.78 is 38.2. The van der Waals surface area contributed by atoms with E-state index in [4.69, 9.17) is 23.0 Å². The molecule has 0 saturated carbocycles. The molecule has 0 fully saturated rings. The number of phosphoric acid groups is 1. The van der Waals surface area contributed by atoms with E-state index in [1.807, 2.05) is 43.3 Å². The number of fused-ring (bicyclic) bond motifs is 1. The van der Waals surface area contributed by atoms with Gasteiger partial charge in [-0.05, 0) is 49.2 Å². The van der Waals surface area contributed by atoms with E-state index in [1.165, 1.54) is 0 Å². The lowest BCUT2D eigenvalue weighted by Gasteiger charge is -2.16. The van der Waals surface area contributed by atoms with Crippen molar-refractivity contribution in [3.05, 3.63) is 42.0 Å². The summed E-state index contributed by atoms with van der Waals surface area (Å²) in [4.78, 5) is 12.4. The van der Waals surface area contributed by atoms with Crippen LogP contribution in [0, 0.1) is 0 Å². The zero-order chi connectivity index (χ0) is 23.4. The molecule has 10 heteroatoms. The number of carbonyl (C=O) groups is 1. The highest BCUT2D eigenvalue weighted by molar-refractivity contribution is 8.76. The molecular weight excluding hydrogens is 471 g/mol. The van der Waals surface area contributed by atoms with Crippen LogP contribution in [0.1, 0.15) is 32.3 Å². The van der Waals surface area contributed by atoms with Gasteiger partial charge in [-0.15, -0.1) is 0 Å². The molecule has 0 aliphatic heterocycles.